The number of hydrogen-bond acceptors (Lipinski definition) is 3. The second-order valence-electron chi connectivity index (χ2n) is 4.61. The molecule has 2 N–H and O–H groups in total. The van der Waals surface area contributed by atoms with Crippen LogP contribution in [-0.2, 0) is 0 Å². The van der Waals surface area contributed by atoms with E-state index in [1.54, 1.807) is 18.2 Å². The third kappa shape index (κ3) is 4.19. The molecule has 0 unspecified atom stereocenters. The maximum Gasteiger partial charge on any atom is 0.240 e. The highest BCUT2D eigenvalue weighted by atomic mass is 35.5. The highest BCUT2D eigenvalue weighted by Crippen LogP contribution is 2.37. The Bertz CT molecular complexity index is 429. The van der Waals surface area contributed by atoms with Gasteiger partial charge in [0.2, 0.25) is 6.43 Å². The molecule has 2 rings (SSSR count). The molecule has 0 amide bonds. The third-order valence-corrected chi connectivity index (χ3v) is 3.68. The number of rotatable bonds is 4. The summed E-state index contributed by atoms with van der Waals surface area (Å²) < 4.78 is 25.6. The average Bonchev–Trinajstić information content (AvgIpc) is 2.40. The highest BCUT2D eigenvalue weighted by molar-refractivity contribution is 6.32. The summed E-state index contributed by atoms with van der Waals surface area (Å²) in [7, 11) is 0. The summed E-state index contributed by atoms with van der Waals surface area (Å²) in [6.07, 6.45) is -2.72. The lowest BCUT2D eigenvalue weighted by Crippen LogP contribution is -2.45. The van der Waals surface area contributed by atoms with E-state index in [0.717, 1.165) is 13.1 Å². The first-order valence-corrected chi connectivity index (χ1v) is 6.67. The highest BCUT2D eigenvalue weighted by Gasteiger charge is 2.27. The van der Waals surface area contributed by atoms with Crippen molar-refractivity contribution in [2.24, 2.45) is 0 Å². The molecule has 3 nitrogen and oxygen atoms in total. The summed E-state index contributed by atoms with van der Waals surface area (Å²) in [5.41, 5.74) is 0.481. The van der Waals surface area contributed by atoms with Crippen molar-refractivity contribution in [2.75, 3.05) is 26.2 Å². The van der Waals surface area contributed by atoms with Crippen molar-refractivity contribution < 1.29 is 13.9 Å². The number of nitrogens with one attached hydrogen (secondary N) is 1. The molecule has 20 heavy (non-hydrogen) atoms. The summed E-state index contributed by atoms with van der Waals surface area (Å²) in [6, 6.07) is 4.40. The smallest absolute Gasteiger partial charge is 0.240 e. The van der Waals surface area contributed by atoms with E-state index < -0.39 is 12.5 Å². The van der Waals surface area contributed by atoms with Crippen LogP contribution in [0, 0.1) is 0 Å². The van der Waals surface area contributed by atoms with Crippen molar-refractivity contribution in [2.45, 2.75) is 18.9 Å². The van der Waals surface area contributed by atoms with Crippen LogP contribution in [0.2, 0.25) is 5.02 Å². The molecule has 0 aromatic heterocycles. The molecule has 0 aliphatic carbocycles. The van der Waals surface area contributed by atoms with Gasteiger partial charge in [-0.1, -0.05) is 23.7 Å². The largest absolute Gasteiger partial charge is 0.506 e. The molecule has 1 aromatic rings. The van der Waals surface area contributed by atoms with Crippen LogP contribution in [0.4, 0.5) is 8.78 Å². The van der Waals surface area contributed by atoms with Crippen LogP contribution in [0.15, 0.2) is 18.2 Å². The molecule has 114 valence electrons. The molecule has 0 radical (unpaired) electrons. The summed E-state index contributed by atoms with van der Waals surface area (Å²) in [6.45, 7) is 2.90. The molecule has 1 fully saturated rings. The van der Waals surface area contributed by atoms with Gasteiger partial charge >= 0.3 is 0 Å². The van der Waals surface area contributed by atoms with Crippen molar-refractivity contribution in [3.05, 3.63) is 28.8 Å². The number of piperazine rings is 1. The minimum Gasteiger partial charge on any atom is -0.506 e. The Morgan fingerprint density at radius 3 is 2.55 bits per heavy atom. The SMILES string of the molecule is Cl.Oc1c(Cl)cccc1[C@H](CC(F)F)N1CCNCC1. The molecule has 1 aliphatic heterocycles. The van der Waals surface area contributed by atoms with Gasteiger partial charge in [-0.05, 0) is 6.07 Å². The number of hydrogen-bond donors (Lipinski definition) is 2. The molecule has 0 saturated carbocycles. The number of aromatic hydroxyl groups is 1. The molecule has 1 aliphatic rings. The van der Waals surface area contributed by atoms with E-state index in [0.29, 0.717) is 18.7 Å². The van der Waals surface area contributed by atoms with E-state index in [1.807, 2.05) is 4.90 Å². The Balaban J connectivity index is 0.00000200. The molecule has 1 saturated heterocycles. The lowest BCUT2D eigenvalue weighted by molar-refractivity contribution is 0.0730. The fourth-order valence-corrected chi connectivity index (χ4v) is 2.62. The van der Waals surface area contributed by atoms with Crippen molar-refractivity contribution >= 4 is 24.0 Å². The number of nitrogens with zero attached hydrogens (tertiary/aromatic N) is 1. The molecule has 0 spiro atoms. The zero-order chi connectivity index (χ0) is 13.8. The van der Waals surface area contributed by atoms with Gasteiger partial charge in [0.25, 0.3) is 0 Å². The van der Waals surface area contributed by atoms with Crippen molar-refractivity contribution in [1.82, 2.24) is 10.2 Å². The molecule has 1 heterocycles. The van der Waals surface area contributed by atoms with Crippen LogP contribution < -0.4 is 5.32 Å². The van der Waals surface area contributed by atoms with Crippen molar-refractivity contribution in [3.8, 4) is 5.75 Å². The van der Waals surface area contributed by atoms with E-state index in [-0.39, 0.29) is 29.6 Å². The van der Waals surface area contributed by atoms with Gasteiger partial charge in [-0.15, -0.1) is 12.4 Å². The minimum absolute atomic E-state index is 0. The normalized spacial score (nSPS) is 17.8. The lowest BCUT2D eigenvalue weighted by atomic mass is 10.00. The van der Waals surface area contributed by atoms with Gasteiger partial charge in [0.15, 0.2) is 0 Å². The number of para-hydroxylation sites is 1. The van der Waals surface area contributed by atoms with E-state index in [9.17, 15) is 13.9 Å². The lowest BCUT2D eigenvalue weighted by Gasteiger charge is -2.35. The summed E-state index contributed by atoms with van der Waals surface area (Å²) in [5.74, 6) is -0.0895. The summed E-state index contributed by atoms with van der Waals surface area (Å²) in [4.78, 5) is 1.97. The predicted molar refractivity (Wildman–Crippen MR) is 78.2 cm³/mol. The van der Waals surface area contributed by atoms with Gasteiger partial charge in [0.1, 0.15) is 5.75 Å². The van der Waals surface area contributed by atoms with Gasteiger partial charge in [-0.2, -0.15) is 0 Å². The molecular formula is C13H18Cl2F2N2O. The van der Waals surface area contributed by atoms with Crippen LogP contribution >= 0.6 is 24.0 Å². The first kappa shape index (κ1) is 17.4. The van der Waals surface area contributed by atoms with Crippen LogP contribution in [0.5, 0.6) is 5.75 Å². The number of benzene rings is 1. The van der Waals surface area contributed by atoms with E-state index in [4.69, 9.17) is 11.6 Å². The van der Waals surface area contributed by atoms with Crippen LogP contribution in [0.3, 0.4) is 0 Å². The van der Waals surface area contributed by atoms with Gasteiger partial charge in [-0.3, -0.25) is 4.90 Å². The zero-order valence-electron chi connectivity index (χ0n) is 10.9. The second-order valence-corrected chi connectivity index (χ2v) is 5.01. The maximum absolute atomic E-state index is 12.8. The van der Waals surface area contributed by atoms with E-state index >= 15 is 0 Å². The molecule has 0 bridgehead atoms. The number of phenolic OH excluding ortho intramolecular Hbond substituents is 1. The second kappa shape index (κ2) is 7.98. The molecule has 1 aromatic carbocycles. The molecule has 7 heteroatoms. The fraction of sp³-hybridized carbons (Fsp3) is 0.538. The first-order valence-electron chi connectivity index (χ1n) is 6.30. The standard InChI is InChI=1S/C13H17ClF2N2O.ClH/c14-10-3-1-2-9(13(10)19)11(8-12(15)16)18-6-4-17-5-7-18;/h1-3,11-12,17,19H,4-8H2;1H/t11-;/m0./s1. The van der Waals surface area contributed by atoms with E-state index in [2.05, 4.69) is 5.32 Å². The third-order valence-electron chi connectivity index (χ3n) is 3.37. The summed E-state index contributed by atoms with van der Waals surface area (Å²) in [5, 5.41) is 13.4. The average molecular weight is 327 g/mol. The quantitative estimate of drug-likeness (QED) is 0.892. The predicted octanol–water partition coefficient (Wildman–Crippen LogP) is 3.07. The monoisotopic (exact) mass is 326 g/mol. The zero-order valence-corrected chi connectivity index (χ0v) is 12.4. The Hall–Kier alpha value is -0.620. The van der Waals surface area contributed by atoms with Crippen LogP contribution in [0.1, 0.15) is 18.0 Å². The first-order chi connectivity index (χ1) is 9.09. The molecular weight excluding hydrogens is 309 g/mol. The molecule has 1 atom stereocenters. The van der Waals surface area contributed by atoms with Gasteiger partial charge in [0.05, 0.1) is 5.02 Å². The fourth-order valence-electron chi connectivity index (χ4n) is 2.44. The Morgan fingerprint density at radius 2 is 1.95 bits per heavy atom. The van der Waals surface area contributed by atoms with Gasteiger partial charge in [0, 0.05) is 44.2 Å². The number of alkyl halides is 2. The van der Waals surface area contributed by atoms with Crippen molar-refractivity contribution in [3.63, 3.8) is 0 Å². The van der Waals surface area contributed by atoms with Gasteiger partial charge < -0.3 is 10.4 Å². The Labute approximate surface area is 128 Å². The Morgan fingerprint density at radius 1 is 1.30 bits per heavy atom. The van der Waals surface area contributed by atoms with Crippen molar-refractivity contribution in [1.29, 1.82) is 0 Å². The maximum atomic E-state index is 12.8. The van der Waals surface area contributed by atoms with Crippen LogP contribution in [0.25, 0.3) is 0 Å². The minimum atomic E-state index is -2.42. The summed E-state index contributed by atoms with van der Waals surface area (Å²) >= 11 is 5.87. The van der Waals surface area contributed by atoms with Gasteiger partial charge in [-0.25, -0.2) is 8.78 Å². The Kier molecular flexibility index (Phi) is 6.95. The number of phenols is 1. The number of halogens is 4. The topological polar surface area (TPSA) is 35.5 Å². The van der Waals surface area contributed by atoms with Crippen LogP contribution in [-0.4, -0.2) is 42.6 Å². The van der Waals surface area contributed by atoms with E-state index in [1.165, 1.54) is 0 Å².